The van der Waals surface area contributed by atoms with Crippen LogP contribution in [0.4, 0.5) is 0 Å². The lowest BCUT2D eigenvalue weighted by Crippen LogP contribution is -2.57. The zero-order chi connectivity index (χ0) is 29.5. The quantitative estimate of drug-likeness (QED) is 0.104. The minimum absolute atomic E-state index is 0.0170. The van der Waals surface area contributed by atoms with Gasteiger partial charge in [0.25, 0.3) is 0 Å². The third kappa shape index (κ3) is 11.2. The largest absolute Gasteiger partial charge is 0.481 e. The second kappa shape index (κ2) is 16.6. The Labute approximate surface area is 231 Å². The fourth-order valence-corrected chi connectivity index (χ4v) is 3.90. The highest BCUT2D eigenvalue weighted by Gasteiger charge is 2.30. The first-order valence-electron chi connectivity index (χ1n) is 12.9. The summed E-state index contributed by atoms with van der Waals surface area (Å²) in [6, 6.07) is 4.42. The number of unbranched alkanes of at least 4 members (excludes halogenated alkanes) is 1. The van der Waals surface area contributed by atoms with Crippen LogP contribution >= 0.6 is 0 Å². The van der Waals surface area contributed by atoms with Crippen molar-refractivity contribution in [2.24, 2.45) is 11.5 Å². The minimum atomic E-state index is -1.46. The lowest BCUT2D eigenvalue weighted by Gasteiger charge is -2.25. The molecule has 14 heteroatoms. The van der Waals surface area contributed by atoms with Crippen LogP contribution in [0.15, 0.2) is 42.9 Å². The Hall–Kier alpha value is -4.30. The van der Waals surface area contributed by atoms with Gasteiger partial charge in [-0.05, 0) is 44.2 Å². The second-order valence-electron chi connectivity index (χ2n) is 9.32. The summed E-state index contributed by atoms with van der Waals surface area (Å²) in [5.41, 5.74) is 13.0. The van der Waals surface area contributed by atoms with Gasteiger partial charge in [0.05, 0.1) is 12.4 Å². The highest BCUT2D eigenvalue weighted by molar-refractivity contribution is 5.94. The fraction of sp³-hybridized carbons (Fsp3) is 0.462. The van der Waals surface area contributed by atoms with Crippen LogP contribution in [0.2, 0.25) is 0 Å². The van der Waals surface area contributed by atoms with Gasteiger partial charge in [-0.3, -0.25) is 19.2 Å². The average molecular weight is 560 g/mol. The summed E-state index contributed by atoms with van der Waals surface area (Å²) in [6.45, 7) is 0.344. The van der Waals surface area contributed by atoms with Gasteiger partial charge in [0.1, 0.15) is 18.1 Å². The zero-order valence-corrected chi connectivity index (χ0v) is 22.0. The third-order valence-electron chi connectivity index (χ3n) is 6.09. The van der Waals surface area contributed by atoms with Gasteiger partial charge in [-0.25, -0.2) is 9.78 Å². The molecule has 14 nitrogen and oxygen atoms in total. The van der Waals surface area contributed by atoms with Crippen LogP contribution < -0.4 is 27.4 Å². The first kappa shape index (κ1) is 31.9. The van der Waals surface area contributed by atoms with E-state index in [2.05, 4.69) is 25.9 Å². The van der Waals surface area contributed by atoms with E-state index in [1.165, 1.54) is 12.5 Å². The molecule has 1 aromatic carbocycles. The van der Waals surface area contributed by atoms with Crippen LogP contribution in [0, 0.1) is 0 Å². The lowest BCUT2D eigenvalue weighted by molar-refractivity contribution is -0.143. The average Bonchev–Trinajstić information content (AvgIpc) is 3.43. The van der Waals surface area contributed by atoms with Gasteiger partial charge in [-0.15, -0.1) is 0 Å². The standard InChI is InChI=1S/C26H37N7O7/c27-11-5-4-8-19(24(37)32-20(26(39)40)9-10-22(34)35)31-25(38)21(13-17-14-29-15-30-17)33-23(36)18(28)12-16-6-2-1-3-7-16/h1-3,6-7,14-15,18-21H,4-5,8-13,27-28H2,(H,29,30)(H,31,38)(H,32,37)(H,33,36)(H,34,35)(H,39,40). The number of H-pyrrole nitrogens is 1. The van der Waals surface area contributed by atoms with E-state index in [1.807, 2.05) is 30.3 Å². The highest BCUT2D eigenvalue weighted by atomic mass is 16.4. The Morgan fingerprint density at radius 1 is 0.850 bits per heavy atom. The number of nitrogens with zero attached hydrogens (tertiary/aromatic N) is 1. The number of amides is 3. The molecule has 0 aliphatic rings. The van der Waals surface area contributed by atoms with Crippen molar-refractivity contribution in [2.45, 2.75) is 69.1 Å². The van der Waals surface area contributed by atoms with E-state index in [1.54, 1.807) is 0 Å². The van der Waals surface area contributed by atoms with Gasteiger partial charge in [0.2, 0.25) is 17.7 Å². The van der Waals surface area contributed by atoms with Crippen molar-refractivity contribution in [1.29, 1.82) is 0 Å². The number of carbonyl (C=O) groups is 5. The molecule has 3 amide bonds. The molecule has 1 heterocycles. The van der Waals surface area contributed by atoms with Gasteiger partial charge in [-0.1, -0.05) is 30.3 Å². The first-order valence-corrected chi connectivity index (χ1v) is 12.9. The van der Waals surface area contributed by atoms with E-state index in [4.69, 9.17) is 16.6 Å². The van der Waals surface area contributed by atoms with Crippen LogP contribution in [0.3, 0.4) is 0 Å². The molecule has 4 unspecified atom stereocenters. The Kier molecular flexibility index (Phi) is 13.3. The predicted molar refractivity (Wildman–Crippen MR) is 144 cm³/mol. The van der Waals surface area contributed by atoms with E-state index in [0.717, 1.165) is 5.56 Å². The van der Waals surface area contributed by atoms with Gasteiger partial charge in [0, 0.05) is 24.7 Å². The number of carbonyl (C=O) groups excluding carboxylic acids is 3. The van der Waals surface area contributed by atoms with E-state index >= 15 is 0 Å². The van der Waals surface area contributed by atoms with Crippen LogP contribution in [0.1, 0.15) is 43.4 Å². The summed E-state index contributed by atoms with van der Waals surface area (Å²) in [7, 11) is 0. The van der Waals surface area contributed by atoms with Crippen molar-refractivity contribution < 1.29 is 34.2 Å². The van der Waals surface area contributed by atoms with Crippen molar-refractivity contribution in [2.75, 3.05) is 6.54 Å². The number of nitrogens with one attached hydrogen (secondary N) is 4. The summed E-state index contributed by atoms with van der Waals surface area (Å²) in [6.07, 6.45) is 3.48. The molecule has 10 N–H and O–H groups in total. The molecule has 2 aromatic rings. The topological polar surface area (TPSA) is 243 Å². The summed E-state index contributed by atoms with van der Waals surface area (Å²) >= 11 is 0. The number of hydrogen-bond acceptors (Lipinski definition) is 8. The highest BCUT2D eigenvalue weighted by Crippen LogP contribution is 2.08. The third-order valence-corrected chi connectivity index (χ3v) is 6.09. The molecule has 0 aliphatic carbocycles. The van der Waals surface area contributed by atoms with E-state index in [0.29, 0.717) is 25.1 Å². The smallest absolute Gasteiger partial charge is 0.326 e. The number of nitrogens with two attached hydrogens (primary N) is 2. The van der Waals surface area contributed by atoms with Crippen molar-refractivity contribution in [3.63, 3.8) is 0 Å². The number of carboxylic acid groups (broad SMARTS) is 2. The number of imidazole rings is 1. The fourth-order valence-electron chi connectivity index (χ4n) is 3.90. The van der Waals surface area contributed by atoms with Gasteiger partial charge >= 0.3 is 11.9 Å². The van der Waals surface area contributed by atoms with E-state index < -0.39 is 60.2 Å². The molecule has 1 aromatic heterocycles. The van der Waals surface area contributed by atoms with Crippen LogP contribution in [0.25, 0.3) is 0 Å². The monoisotopic (exact) mass is 559 g/mol. The maximum absolute atomic E-state index is 13.4. The molecule has 0 bridgehead atoms. The van der Waals surface area contributed by atoms with E-state index in [-0.39, 0.29) is 25.7 Å². The number of aromatic nitrogens is 2. The molecule has 0 fully saturated rings. The van der Waals surface area contributed by atoms with Crippen molar-refractivity contribution in [1.82, 2.24) is 25.9 Å². The number of rotatable bonds is 18. The summed E-state index contributed by atoms with van der Waals surface area (Å²) in [5, 5.41) is 25.9. The Balaban J connectivity index is 2.17. The molecule has 40 heavy (non-hydrogen) atoms. The van der Waals surface area contributed by atoms with Crippen molar-refractivity contribution in [3.8, 4) is 0 Å². The normalized spacial score (nSPS) is 13.8. The SMILES string of the molecule is NCCCCC(NC(=O)C(Cc1cnc[nH]1)NC(=O)C(N)Cc1ccccc1)C(=O)NC(CCC(=O)O)C(=O)O. The Morgan fingerprint density at radius 2 is 1.50 bits per heavy atom. The maximum atomic E-state index is 13.4. The second-order valence-corrected chi connectivity index (χ2v) is 9.32. The van der Waals surface area contributed by atoms with Crippen LogP contribution in [-0.4, -0.2) is 80.6 Å². The molecule has 0 saturated heterocycles. The summed E-state index contributed by atoms with van der Waals surface area (Å²) in [4.78, 5) is 68.6. The number of hydrogen-bond donors (Lipinski definition) is 8. The molecule has 218 valence electrons. The molecular formula is C26H37N7O7. The number of benzene rings is 1. The number of aromatic amines is 1. The molecule has 0 aliphatic heterocycles. The first-order chi connectivity index (χ1) is 19.1. The molecule has 0 saturated carbocycles. The van der Waals surface area contributed by atoms with E-state index in [9.17, 15) is 29.1 Å². The van der Waals surface area contributed by atoms with Gasteiger partial charge in [0.15, 0.2) is 0 Å². The van der Waals surface area contributed by atoms with Gasteiger partial charge in [-0.2, -0.15) is 0 Å². The molecule has 0 spiro atoms. The zero-order valence-electron chi connectivity index (χ0n) is 22.0. The van der Waals surface area contributed by atoms with Crippen LogP contribution in [0.5, 0.6) is 0 Å². The van der Waals surface area contributed by atoms with Crippen LogP contribution in [-0.2, 0) is 36.8 Å². The van der Waals surface area contributed by atoms with Crippen molar-refractivity contribution >= 4 is 29.7 Å². The minimum Gasteiger partial charge on any atom is -0.481 e. The summed E-state index contributed by atoms with van der Waals surface area (Å²) in [5.74, 6) is -4.68. The lowest BCUT2D eigenvalue weighted by atomic mass is 10.0. The van der Waals surface area contributed by atoms with Gasteiger partial charge < -0.3 is 42.6 Å². The Bertz CT molecular complexity index is 1110. The number of aliphatic carboxylic acids is 2. The van der Waals surface area contributed by atoms with Crippen molar-refractivity contribution in [3.05, 3.63) is 54.1 Å². The number of carboxylic acids is 2. The molecule has 0 radical (unpaired) electrons. The molecule has 4 atom stereocenters. The molecular weight excluding hydrogens is 522 g/mol. The maximum Gasteiger partial charge on any atom is 0.326 e. The predicted octanol–water partition coefficient (Wildman–Crippen LogP) is -0.945. The Morgan fingerprint density at radius 3 is 2.10 bits per heavy atom. The summed E-state index contributed by atoms with van der Waals surface area (Å²) < 4.78 is 0. The molecule has 2 rings (SSSR count).